The van der Waals surface area contributed by atoms with Gasteiger partial charge in [-0.15, -0.1) is 0 Å². The molecule has 1 aromatic rings. The van der Waals surface area contributed by atoms with Crippen LogP contribution in [0.1, 0.15) is 18.5 Å². The molecule has 5 heteroatoms. The number of ether oxygens (including phenoxy) is 1. The fourth-order valence-corrected chi connectivity index (χ4v) is 2.10. The van der Waals surface area contributed by atoms with Gasteiger partial charge in [-0.1, -0.05) is 23.7 Å². The third-order valence-electron chi connectivity index (χ3n) is 3.04. The monoisotopic (exact) mass is 252 g/mol. The number of nitrogens with zero attached hydrogens (tertiary/aromatic N) is 2. The van der Waals surface area contributed by atoms with Gasteiger partial charge in [0, 0.05) is 5.02 Å². The van der Waals surface area contributed by atoms with Gasteiger partial charge in [0.2, 0.25) is 0 Å². The molecule has 1 aliphatic heterocycles. The van der Waals surface area contributed by atoms with E-state index in [9.17, 15) is 4.79 Å². The minimum absolute atomic E-state index is 0.289. The largest absolute Gasteiger partial charge is 0.468 e. The van der Waals surface area contributed by atoms with Crippen LogP contribution in [0.15, 0.2) is 34.5 Å². The first-order valence-electron chi connectivity index (χ1n) is 5.28. The van der Waals surface area contributed by atoms with Crippen LogP contribution in [0.3, 0.4) is 0 Å². The van der Waals surface area contributed by atoms with Crippen LogP contribution in [0.25, 0.3) is 0 Å². The fourth-order valence-electron chi connectivity index (χ4n) is 1.97. The van der Waals surface area contributed by atoms with E-state index >= 15 is 0 Å². The summed E-state index contributed by atoms with van der Waals surface area (Å²) in [4.78, 5) is 11.8. The SMILES string of the molecule is COC(=O)C1(C)CN=NC1c1ccc(Cl)cc1. The molecular weight excluding hydrogens is 240 g/mol. The summed E-state index contributed by atoms with van der Waals surface area (Å²) in [6.07, 6.45) is 0. The molecule has 1 aromatic carbocycles. The van der Waals surface area contributed by atoms with Crippen LogP contribution in [0.2, 0.25) is 5.02 Å². The van der Waals surface area contributed by atoms with Gasteiger partial charge < -0.3 is 4.74 Å². The van der Waals surface area contributed by atoms with Crippen molar-refractivity contribution in [1.82, 2.24) is 0 Å². The van der Waals surface area contributed by atoms with Gasteiger partial charge >= 0.3 is 5.97 Å². The smallest absolute Gasteiger partial charge is 0.316 e. The molecule has 0 aliphatic carbocycles. The Balaban J connectivity index is 2.34. The van der Waals surface area contributed by atoms with E-state index in [2.05, 4.69) is 10.2 Å². The van der Waals surface area contributed by atoms with Crippen molar-refractivity contribution in [3.8, 4) is 0 Å². The highest BCUT2D eigenvalue weighted by atomic mass is 35.5. The maximum absolute atomic E-state index is 11.8. The summed E-state index contributed by atoms with van der Waals surface area (Å²) in [5.74, 6) is -0.289. The van der Waals surface area contributed by atoms with Crippen molar-refractivity contribution in [2.75, 3.05) is 13.7 Å². The molecule has 0 spiro atoms. The molecule has 0 saturated heterocycles. The predicted octanol–water partition coefficient (Wildman–Crippen LogP) is 3.03. The Morgan fingerprint density at radius 3 is 2.71 bits per heavy atom. The summed E-state index contributed by atoms with van der Waals surface area (Å²) in [5, 5.41) is 8.77. The summed E-state index contributed by atoms with van der Waals surface area (Å²) in [5.41, 5.74) is 0.200. The Labute approximate surface area is 105 Å². The number of esters is 1. The Bertz CT molecular complexity index is 458. The van der Waals surface area contributed by atoms with Gasteiger partial charge in [-0.05, 0) is 24.6 Å². The lowest BCUT2D eigenvalue weighted by molar-refractivity contribution is -0.151. The molecule has 2 atom stereocenters. The Morgan fingerprint density at radius 2 is 2.12 bits per heavy atom. The standard InChI is InChI=1S/C12H13ClN2O2/c1-12(11(16)17-2)7-14-15-10(12)8-3-5-9(13)6-4-8/h3-6,10H,7H2,1-2H3. The highest BCUT2D eigenvalue weighted by Crippen LogP contribution is 2.43. The summed E-state index contributed by atoms with van der Waals surface area (Å²) in [7, 11) is 1.38. The number of azo groups is 1. The van der Waals surface area contributed by atoms with Gasteiger partial charge in [0.05, 0.1) is 13.7 Å². The predicted molar refractivity (Wildman–Crippen MR) is 64.0 cm³/mol. The minimum Gasteiger partial charge on any atom is -0.468 e. The zero-order chi connectivity index (χ0) is 12.5. The van der Waals surface area contributed by atoms with E-state index in [1.165, 1.54) is 7.11 Å². The molecule has 0 radical (unpaired) electrons. The molecule has 90 valence electrons. The number of hydrogen-bond acceptors (Lipinski definition) is 4. The van der Waals surface area contributed by atoms with Gasteiger partial charge in [0.1, 0.15) is 11.5 Å². The molecule has 2 rings (SSSR count). The van der Waals surface area contributed by atoms with Crippen LogP contribution in [0.4, 0.5) is 0 Å². The van der Waals surface area contributed by atoms with Crippen molar-refractivity contribution >= 4 is 17.6 Å². The zero-order valence-electron chi connectivity index (χ0n) is 9.68. The molecule has 17 heavy (non-hydrogen) atoms. The van der Waals surface area contributed by atoms with E-state index in [0.29, 0.717) is 11.6 Å². The number of rotatable bonds is 2. The van der Waals surface area contributed by atoms with Crippen LogP contribution in [0.5, 0.6) is 0 Å². The third-order valence-corrected chi connectivity index (χ3v) is 3.29. The van der Waals surface area contributed by atoms with Crippen LogP contribution in [-0.2, 0) is 9.53 Å². The lowest BCUT2D eigenvalue weighted by Gasteiger charge is -2.25. The first-order chi connectivity index (χ1) is 8.08. The van der Waals surface area contributed by atoms with Gasteiger partial charge in [-0.2, -0.15) is 10.2 Å². The van der Waals surface area contributed by atoms with Gasteiger partial charge in [-0.25, -0.2) is 0 Å². The van der Waals surface area contributed by atoms with E-state index in [1.54, 1.807) is 12.1 Å². The maximum Gasteiger partial charge on any atom is 0.316 e. The maximum atomic E-state index is 11.8. The molecular formula is C12H13ClN2O2. The first kappa shape index (κ1) is 12.0. The quantitative estimate of drug-likeness (QED) is 0.760. The van der Waals surface area contributed by atoms with Crippen molar-refractivity contribution in [2.45, 2.75) is 13.0 Å². The van der Waals surface area contributed by atoms with Crippen molar-refractivity contribution in [2.24, 2.45) is 15.6 Å². The summed E-state index contributed by atoms with van der Waals surface area (Å²) in [6.45, 7) is 2.17. The second-order valence-corrected chi connectivity index (χ2v) is 4.71. The Morgan fingerprint density at radius 1 is 1.47 bits per heavy atom. The van der Waals surface area contributed by atoms with Crippen LogP contribution >= 0.6 is 11.6 Å². The van der Waals surface area contributed by atoms with Crippen LogP contribution < -0.4 is 0 Å². The van der Waals surface area contributed by atoms with E-state index in [0.717, 1.165) is 5.56 Å². The first-order valence-corrected chi connectivity index (χ1v) is 5.66. The number of benzene rings is 1. The van der Waals surface area contributed by atoms with Crippen molar-refractivity contribution in [1.29, 1.82) is 0 Å². The van der Waals surface area contributed by atoms with E-state index < -0.39 is 5.41 Å². The number of carbonyl (C=O) groups is 1. The average molecular weight is 253 g/mol. The highest BCUT2D eigenvalue weighted by molar-refractivity contribution is 6.30. The molecule has 0 amide bonds. The molecule has 0 bridgehead atoms. The van der Waals surface area contributed by atoms with Gasteiger partial charge in [0.25, 0.3) is 0 Å². The van der Waals surface area contributed by atoms with E-state index in [1.807, 2.05) is 19.1 Å². The van der Waals surface area contributed by atoms with Crippen molar-refractivity contribution in [3.05, 3.63) is 34.9 Å². The van der Waals surface area contributed by atoms with Crippen LogP contribution in [-0.4, -0.2) is 19.6 Å². The minimum atomic E-state index is -0.720. The summed E-state index contributed by atoms with van der Waals surface area (Å²) < 4.78 is 4.83. The number of methoxy groups -OCH3 is 1. The zero-order valence-corrected chi connectivity index (χ0v) is 10.4. The van der Waals surface area contributed by atoms with E-state index in [4.69, 9.17) is 16.3 Å². The molecule has 0 fully saturated rings. The highest BCUT2D eigenvalue weighted by Gasteiger charge is 2.47. The summed E-state index contributed by atoms with van der Waals surface area (Å²) in [6, 6.07) is 6.98. The molecule has 1 heterocycles. The number of hydrogen-bond donors (Lipinski definition) is 0. The topological polar surface area (TPSA) is 51.0 Å². The second kappa shape index (κ2) is 4.45. The molecule has 4 nitrogen and oxygen atoms in total. The number of halogens is 1. The van der Waals surface area contributed by atoms with E-state index in [-0.39, 0.29) is 12.0 Å². The lowest BCUT2D eigenvalue weighted by atomic mass is 9.80. The molecule has 0 saturated carbocycles. The summed E-state index contributed by atoms with van der Waals surface area (Å²) >= 11 is 5.83. The normalized spacial score (nSPS) is 27.1. The van der Waals surface area contributed by atoms with Crippen molar-refractivity contribution in [3.63, 3.8) is 0 Å². The van der Waals surface area contributed by atoms with Gasteiger partial charge in [0.15, 0.2) is 0 Å². The number of carbonyl (C=O) groups excluding carboxylic acids is 1. The second-order valence-electron chi connectivity index (χ2n) is 4.28. The molecule has 1 aliphatic rings. The lowest BCUT2D eigenvalue weighted by Crippen LogP contribution is -2.34. The molecule has 2 unspecified atom stereocenters. The molecule has 0 N–H and O–H groups in total. The Kier molecular flexibility index (Phi) is 3.15. The fraction of sp³-hybridized carbons (Fsp3) is 0.417. The van der Waals surface area contributed by atoms with Gasteiger partial charge in [-0.3, -0.25) is 4.79 Å². The molecule has 0 aromatic heterocycles. The average Bonchev–Trinajstić information content (AvgIpc) is 2.73. The van der Waals surface area contributed by atoms with Crippen LogP contribution in [0, 0.1) is 5.41 Å². The third kappa shape index (κ3) is 2.05. The Hall–Kier alpha value is -1.42. The van der Waals surface area contributed by atoms with Crippen molar-refractivity contribution < 1.29 is 9.53 Å².